The highest BCUT2D eigenvalue weighted by molar-refractivity contribution is 5.87. The van der Waals surface area contributed by atoms with Crippen molar-refractivity contribution >= 4 is 5.97 Å². The van der Waals surface area contributed by atoms with Gasteiger partial charge in [0.05, 0.1) is 18.3 Å². The van der Waals surface area contributed by atoms with Crippen LogP contribution in [0.5, 0.6) is 0 Å². The zero-order valence-electron chi connectivity index (χ0n) is 18.8. The number of carbonyl (C=O) groups is 1. The highest BCUT2D eigenvalue weighted by Crippen LogP contribution is 2.21. The van der Waals surface area contributed by atoms with Gasteiger partial charge in [-0.3, -0.25) is 0 Å². The predicted octanol–water partition coefficient (Wildman–Crippen LogP) is 5.74. The van der Waals surface area contributed by atoms with Crippen molar-refractivity contribution in [2.45, 2.75) is 79.2 Å². The van der Waals surface area contributed by atoms with Crippen LogP contribution in [0.25, 0.3) is 0 Å². The lowest BCUT2D eigenvalue weighted by Crippen LogP contribution is -2.09. The monoisotopic (exact) mass is 404 g/mol. The van der Waals surface area contributed by atoms with Gasteiger partial charge in [-0.1, -0.05) is 68.2 Å². The Bertz CT molecular complexity index is 635. The molecule has 0 bridgehead atoms. The van der Waals surface area contributed by atoms with Gasteiger partial charge in [0.2, 0.25) is 0 Å². The molecule has 0 saturated heterocycles. The van der Waals surface area contributed by atoms with Crippen molar-refractivity contribution in [1.82, 2.24) is 0 Å². The highest BCUT2D eigenvalue weighted by atomic mass is 16.4. The normalized spacial score (nSPS) is 16.4. The van der Waals surface area contributed by atoms with Gasteiger partial charge in [-0.15, -0.1) is 0 Å². The van der Waals surface area contributed by atoms with Crippen LogP contribution in [0.4, 0.5) is 0 Å². The minimum absolute atomic E-state index is 0.0737. The van der Waals surface area contributed by atoms with E-state index in [2.05, 4.69) is 45.9 Å². The van der Waals surface area contributed by atoms with Crippen molar-refractivity contribution in [2.75, 3.05) is 6.61 Å². The number of hydrogen-bond acceptors (Lipinski definition) is 3. The standard InChI is InChI=1S/C25H40O4/c1-6-8-9-12-19(3)15-20(4)16-22(7-2)17-21(5)24(27)14-11-10-13-23(18-26)25(28)29/h10-13,15,17,22,24,26-27H,6-9,14,16,18H2,1-5H3,(H,28,29)/b11-10+,19-12+,20-15+,21-17+,23-13+/t22-,24+/m1/s1. The summed E-state index contributed by atoms with van der Waals surface area (Å²) in [5.74, 6) is -0.764. The van der Waals surface area contributed by atoms with Crippen LogP contribution in [0.15, 0.2) is 58.7 Å². The van der Waals surface area contributed by atoms with E-state index in [1.807, 2.05) is 6.92 Å². The number of unbranched alkanes of at least 4 members (excludes halogenated alkanes) is 2. The molecule has 0 aromatic heterocycles. The van der Waals surface area contributed by atoms with Crippen molar-refractivity contribution in [1.29, 1.82) is 0 Å². The zero-order chi connectivity index (χ0) is 22.2. The fourth-order valence-electron chi connectivity index (χ4n) is 3.03. The van der Waals surface area contributed by atoms with Gasteiger partial charge in [-0.25, -0.2) is 4.79 Å². The average molecular weight is 405 g/mol. The van der Waals surface area contributed by atoms with E-state index in [1.165, 1.54) is 30.1 Å². The lowest BCUT2D eigenvalue weighted by atomic mass is 9.92. The lowest BCUT2D eigenvalue weighted by molar-refractivity contribution is -0.133. The van der Waals surface area contributed by atoms with Crippen LogP contribution in [-0.4, -0.2) is 34.0 Å². The first-order valence-electron chi connectivity index (χ1n) is 10.6. The Morgan fingerprint density at radius 2 is 1.83 bits per heavy atom. The highest BCUT2D eigenvalue weighted by Gasteiger charge is 2.09. The van der Waals surface area contributed by atoms with Gasteiger partial charge >= 0.3 is 5.97 Å². The summed E-state index contributed by atoms with van der Waals surface area (Å²) in [6.45, 7) is 10.1. The van der Waals surface area contributed by atoms with E-state index in [4.69, 9.17) is 10.2 Å². The van der Waals surface area contributed by atoms with Gasteiger partial charge < -0.3 is 15.3 Å². The summed E-state index contributed by atoms with van der Waals surface area (Å²) >= 11 is 0. The first-order chi connectivity index (χ1) is 13.7. The van der Waals surface area contributed by atoms with Crippen LogP contribution in [-0.2, 0) is 4.79 Å². The lowest BCUT2D eigenvalue weighted by Gasteiger charge is -2.15. The number of allylic oxidation sites excluding steroid dienone is 7. The fourth-order valence-corrected chi connectivity index (χ4v) is 3.03. The summed E-state index contributed by atoms with van der Waals surface area (Å²) in [5.41, 5.74) is 3.51. The van der Waals surface area contributed by atoms with Crippen molar-refractivity contribution < 1.29 is 20.1 Å². The van der Waals surface area contributed by atoms with Crippen LogP contribution in [0.1, 0.15) is 73.1 Å². The molecule has 0 aliphatic rings. The predicted molar refractivity (Wildman–Crippen MR) is 122 cm³/mol. The molecule has 0 heterocycles. The van der Waals surface area contributed by atoms with Gasteiger partial charge in [0.15, 0.2) is 0 Å². The molecule has 0 aliphatic heterocycles. The Kier molecular flexibility index (Phi) is 14.9. The van der Waals surface area contributed by atoms with E-state index in [0.29, 0.717) is 12.3 Å². The van der Waals surface area contributed by atoms with Crippen LogP contribution < -0.4 is 0 Å². The van der Waals surface area contributed by atoms with Crippen molar-refractivity contribution in [3.05, 3.63) is 58.7 Å². The second-order valence-corrected chi connectivity index (χ2v) is 7.70. The van der Waals surface area contributed by atoms with E-state index < -0.39 is 18.7 Å². The smallest absolute Gasteiger partial charge is 0.333 e. The van der Waals surface area contributed by atoms with E-state index in [1.54, 1.807) is 12.2 Å². The molecule has 0 saturated carbocycles. The third kappa shape index (κ3) is 13.0. The van der Waals surface area contributed by atoms with Gasteiger partial charge in [-0.2, -0.15) is 0 Å². The van der Waals surface area contributed by atoms with Crippen LogP contribution in [0, 0.1) is 5.92 Å². The van der Waals surface area contributed by atoms with E-state index in [9.17, 15) is 9.90 Å². The molecule has 4 heteroatoms. The Hall–Kier alpha value is -1.91. The largest absolute Gasteiger partial charge is 0.478 e. The molecule has 0 spiro atoms. The first kappa shape index (κ1) is 27.1. The Morgan fingerprint density at radius 3 is 2.38 bits per heavy atom. The summed E-state index contributed by atoms with van der Waals surface area (Å²) in [5, 5.41) is 28.2. The molecule has 0 fully saturated rings. The summed E-state index contributed by atoms with van der Waals surface area (Å²) in [6.07, 6.45) is 16.7. The molecule has 3 N–H and O–H groups in total. The molecule has 0 radical (unpaired) electrons. The number of aliphatic carboxylic acids is 1. The number of aliphatic hydroxyl groups is 2. The van der Waals surface area contributed by atoms with E-state index in [-0.39, 0.29) is 5.57 Å². The molecule has 29 heavy (non-hydrogen) atoms. The third-order valence-electron chi connectivity index (χ3n) is 4.87. The second kappa shape index (κ2) is 15.9. The molecule has 4 nitrogen and oxygen atoms in total. The molecule has 0 aromatic rings. The van der Waals surface area contributed by atoms with Gasteiger partial charge in [0.1, 0.15) is 0 Å². The number of rotatable bonds is 14. The SMILES string of the molecule is CCCC/C=C(C)/C=C(\C)C[C@H](/C=C(\C)[C@@H](O)C/C=C/C=C(\CO)C(=O)O)CC. The molecular weight excluding hydrogens is 364 g/mol. The zero-order valence-corrected chi connectivity index (χ0v) is 18.8. The molecule has 2 atom stereocenters. The van der Waals surface area contributed by atoms with Crippen LogP contribution in [0.2, 0.25) is 0 Å². The van der Waals surface area contributed by atoms with Crippen molar-refractivity contribution in [3.8, 4) is 0 Å². The van der Waals surface area contributed by atoms with E-state index in [0.717, 1.165) is 24.8 Å². The van der Waals surface area contributed by atoms with Crippen molar-refractivity contribution in [2.24, 2.45) is 5.92 Å². The summed E-state index contributed by atoms with van der Waals surface area (Å²) in [6, 6.07) is 0. The Morgan fingerprint density at radius 1 is 1.14 bits per heavy atom. The maximum absolute atomic E-state index is 10.8. The number of carboxylic acid groups (broad SMARTS) is 1. The molecule has 164 valence electrons. The molecule has 0 unspecified atom stereocenters. The van der Waals surface area contributed by atoms with Gasteiger partial charge in [-0.05, 0) is 64.0 Å². The molecular formula is C25H40O4. The number of carboxylic acids is 1. The maximum atomic E-state index is 10.8. The van der Waals surface area contributed by atoms with E-state index >= 15 is 0 Å². The third-order valence-corrected chi connectivity index (χ3v) is 4.87. The number of aliphatic hydroxyl groups excluding tert-OH is 2. The second-order valence-electron chi connectivity index (χ2n) is 7.70. The number of hydrogen-bond donors (Lipinski definition) is 3. The topological polar surface area (TPSA) is 77.8 Å². The molecule has 0 aromatic carbocycles. The Balaban J connectivity index is 4.85. The fraction of sp³-hybridized carbons (Fsp3) is 0.560. The maximum Gasteiger partial charge on any atom is 0.333 e. The Labute approximate surface area is 177 Å². The molecule has 0 aliphatic carbocycles. The van der Waals surface area contributed by atoms with Crippen LogP contribution >= 0.6 is 0 Å². The summed E-state index contributed by atoms with van der Waals surface area (Å²) < 4.78 is 0. The van der Waals surface area contributed by atoms with Crippen LogP contribution in [0.3, 0.4) is 0 Å². The van der Waals surface area contributed by atoms with Crippen molar-refractivity contribution in [3.63, 3.8) is 0 Å². The minimum Gasteiger partial charge on any atom is -0.478 e. The van der Waals surface area contributed by atoms with Gasteiger partial charge in [0.25, 0.3) is 0 Å². The molecule has 0 rings (SSSR count). The molecule has 0 amide bonds. The summed E-state index contributed by atoms with van der Waals surface area (Å²) in [7, 11) is 0. The average Bonchev–Trinajstić information content (AvgIpc) is 2.66. The first-order valence-corrected chi connectivity index (χ1v) is 10.6. The summed E-state index contributed by atoms with van der Waals surface area (Å²) in [4.78, 5) is 10.8. The van der Waals surface area contributed by atoms with Gasteiger partial charge in [0, 0.05) is 0 Å². The quantitative estimate of drug-likeness (QED) is 0.149. The minimum atomic E-state index is -1.14.